The van der Waals surface area contributed by atoms with E-state index >= 15 is 0 Å². The minimum atomic E-state index is -0.926. The number of nitrogens with one attached hydrogen (secondary N) is 2. The van der Waals surface area contributed by atoms with E-state index in [0.717, 1.165) is 24.0 Å². The van der Waals surface area contributed by atoms with Crippen LogP contribution < -0.4 is 10.7 Å². The number of anilines is 1. The van der Waals surface area contributed by atoms with Crippen molar-refractivity contribution in [1.82, 2.24) is 5.43 Å². The number of benzene rings is 2. The van der Waals surface area contributed by atoms with Crippen LogP contribution in [-0.4, -0.2) is 23.0 Å². The predicted molar refractivity (Wildman–Crippen MR) is 103 cm³/mol. The number of nitro groups is 1. The van der Waals surface area contributed by atoms with Crippen molar-refractivity contribution >= 4 is 29.4 Å². The first-order valence-corrected chi connectivity index (χ1v) is 8.45. The molecule has 0 fully saturated rings. The topological polar surface area (TPSA) is 114 Å². The van der Waals surface area contributed by atoms with Crippen LogP contribution in [0.15, 0.2) is 47.6 Å². The maximum atomic E-state index is 12.1. The Kier molecular flexibility index (Phi) is 6.76. The van der Waals surface area contributed by atoms with Gasteiger partial charge in [0.1, 0.15) is 0 Å². The Bertz CT molecular complexity index is 871. The largest absolute Gasteiger partial charge is 0.329 e. The smallest absolute Gasteiger partial charge is 0.317 e. The lowest BCUT2D eigenvalue weighted by atomic mass is 10.0. The van der Waals surface area contributed by atoms with Gasteiger partial charge in [-0.15, -0.1) is 0 Å². The molecule has 0 heterocycles. The monoisotopic (exact) mass is 368 g/mol. The fourth-order valence-electron chi connectivity index (χ4n) is 2.51. The molecule has 2 aromatic carbocycles. The van der Waals surface area contributed by atoms with E-state index in [9.17, 15) is 19.7 Å². The Morgan fingerprint density at radius 3 is 2.30 bits per heavy atom. The van der Waals surface area contributed by atoms with E-state index in [0.29, 0.717) is 11.3 Å². The molecule has 2 N–H and O–H groups in total. The Morgan fingerprint density at radius 1 is 1.07 bits per heavy atom. The predicted octanol–water partition coefficient (Wildman–Crippen LogP) is 2.81. The zero-order valence-corrected chi connectivity index (χ0v) is 15.1. The average Bonchev–Trinajstić information content (AvgIpc) is 2.68. The lowest BCUT2D eigenvalue weighted by molar-refractivity contribution is -0.384. The molecule has 0 saturated carbocycles. The fraction of sp³-hybridized carbons (Fsp3) is 0.211. The number of non-ortho nitro benzene ring substituents is 1. The van der Waals surface area contributed by atoms with Gasteiger partial charge in [0.25, 0.3) is 5.69 Å². The summed E-state index contributed by atoms with van der Waals surface area (Å²) in [6, 6.07) is 11.5. The van der Waals surface area contributed by atoms with Crippen LogP contribution in [-0.2, 0) is 22.4 Å². The lowest BCUT2D eigenvalue weighted by Crippen LogP contribution is -2.33. The van der Waals surface area contributed by atoms with Crippen LogP contribution in [0, 0.1) is 10.1 Å². The summed E-state index contributed by atoms with van der Waals surface area (Å²) in [5.41, 5.74) is 4.98. The quantitative estimate of drug-likeness (QED) is 0.353. The number of hydrazone groups is 1. The van der Waals surface area contributed by atoms with Gasteiger partial charge in [0.2, 0.25) is 0 Å². The van der Waals surface area contributed by atoms with E-state index in [1.54, 1.807) is 6.07 Å². The maximum absolute atomic E-state index is 12.1. The normalized spacial score (nSPS) is 10.6. The first kappa shape index (κ1) is 19.8. The molecule has 27 heavy (non-hydrogen) atoms. The van der Waals surface area contributed by atoms with Gasteiger partial charge in [0.15, 0.2) is 0 Å². The Hall–Kier alpha value is -3.55. The fourth-order valence-corrected chi connectivity index (χ4v) is 2.51. The van der Waals surface area contributed by atoms with Crippen LogP contribution in [0.2, 0.25) is 0 Å². The van der Waals surface area contributed by atoms with Gasteiger partial charge in [0.05, 0.1) is 11.1 Å². The van der Waals surface area contributed by atoms with Gasteiger partial charge in [-0.25, -0.2) is 5.43 Å². The van der Waals surface area contributed by atoms with Gasteiger partial charge in [-0.1, -0.05) is 44.2 Å². The standard InChI is InChI=1S/C19H20N4O4/c1-3-14-8-6-9-15(4-2)17(14)21-18(24)19(25)22-20-12-13-7-5-10-16(11-13)23(26)27/h5-12H,3-4H2,1-2H3,(H,21,24)(H,22,25)/b20-12-. The molecule has 2 aromatic rings. The summed E-state index contributed by atoms with van der Waals surface area (Å²) in [5, 5.41) is 17.1. The Balaban J connectivity index is 2.04. The third-order valence-electron chi connectivity index (χ3n) is 3.90. The molecule has 0 saturated heterocycles. The summed E-state index contributed by atoms with van der Waals surface area (Å²) in [5.74, 6) is -1.76. The zero-order valence-electron chi connectivity index (χ0n) is 15.1. The number of aryl methyl sites for hydroxylation is 2. The van der Waals surface area contributed by atoms with Crippen molar-refractivity contribution in [3.8, 4) is 0 Å². The van der Waals surface area contributed by atoms with E-state index in [-0.39, 0.29) is 5.69 Å². The molecule has 8 heteroatoms. The summed E-state index contributed by atoms with van der Waals surface area (Å²) in [7, 11) is 0. The van der Waals surface area contributed by atoms with E-state index in [1.165, 1.54) is 24.4 Å². The minimum absolute atomic E-state index is 0.0914. The van der Waals surface area contributed by atoms with Gasteiger partial charge in [-0.3, -0.25) is 19.7 Å². The van der Waals surface area contributed by atoms with E-state index in [1.807, 2.05) is 32.0 Å². The van der Waals surface area contributed by atoms with Crippen LogP contribution in [0.5, 0.6) is 0 Å². The highest BCUT2D eigenvalue weighted by Gasteiger charge is 2.16. The SMILES string of the molecule is CCc1cccc(CC)c1NC(=O)C(=O)N/N=C\c1cccc([N+](=O)[O-])c1. The third-order valence-corrected chi connectivity index (χ3v) is 3.90. The number of amides is 2. The molecule has 8 nitrogen and oxygen atoms in total. The average molecular weight is 368 g/mol. The van der Waals surface area contributed by atoms with Gasteiger partial charge in [0, 0.05) is 23.4 Å². The second kappa shape index (κ2) is 9.23. The summed E-state index contributed by atoms with van der Waals surface area (Å²) >= 11 is 0. The number of carbonyl (C=O) groups is 2. The molecule has 2 amide bonds. The number of para-hydroxylation sites is 1. The van der Waals surface area contributed by atoms with Crippen molar-refractivity contribution in [2.24, 2.45) is 5.10 Å². The first-order chi connectivity index (χ1) is 13.0. The molecule has 0 aliphatic rings. The molecule has 140 valence electrons. The van der Waals surface area contributed by atoms with Crippen LogP contribution in [0.1, 0.15) is 30.5 Å². The number of hydrogen-bond acceptors (Lipinski definition) is 5. The summed E-state index contributed by atoms with van der Waals surface area (Å²) in [6.45, 7) is 3.93. The highest BCUT2D eigenvalue weighted by Crippen LogP contribution is 2.22. The van der Waals surface area contributed by atoms with Crippen molar-refractivity contribution < 1.29 is 14.5 Å². The molecule has 0 radical (unpaired) electrons. The summed E-state index contributed by atoms with van der Waals surface area (Å²) in [6.07, 6.45) is 2.67. The molecule has 0 atom stereocenters. The van der Waals surface area contributed by atoms with Crippen molar-refractivity contribution in [1.29, 1.82) is 0 Å². The molecule has 0 aliphatic heterocycles. The van der Waals surface area contributed by atoms with E-state index in [4.69, 9.17) is 0 Å². The molecular formula is C19H20N4O4. The molecular weight excluding hydrogens is 348 g/mol. The molecule has 0 unspecified atom stereocenters. The Labute approximate surface area is 156 Å². The highest BCUT2D eigenvalue weighted by atomic mass is 16.6. The second-order valence-electron chi connectivity index (χ2n) is 5.66. The highest BCUT2D eigenvalue weighted by molar-refractivity contribution is 6.39. The number of rotatable bonds is 6. The van der Waals surface area contributed by atoms with Crippen molar-refractivity contribution in [3.63, 3.8) is 0 Å². The molecule has 0 bridgehead atoms. The van der Waals surface area contributed by atoms with Gasteiger partial charge in [-0.05, 0) is 24.0 Å². The summed E-state index contributed by atoms with van der Waals surface area (Å²) < 4.78 is 0. The number of hydrogen-bond donors (Lipinski definition) is 2. The van der Waals surface area contributed by atoms with Crippen LogP contribution in [0.25, 0.3) is 0 Å². The van der Waals surface area contributed by atoms with E-state index in [2.05, 4.69) is 15.8 Å². The molecule has 0 aliphatic carbocycles. The molecule has 2 rings (SSSR count). The van der Waals surface area contributed by atoms with Crippen LogP contribution >= 0.6 is 0 Å². The second-order valence-corrected chi connectivity index (χ2v) is 5.66. The summed E-state index contributed by atoms with van der Waals surface area (Å²) in [4.78, 5) is 34.3. The van der Waals surface area contributed by atoms with Crippen molar-refractivity contribution in [2.45, 2.75) is 26.7 Å². The van der Waals surface area contributed by atoms with Gasteiger partial charge >= 0.3 is 11.8 Å². The zero-order chi connectivity index (χ0) is 19.8. The lowest BCUT2D eigenvalue weighted by Gasteiger charge is -2.13. The number of nitrogens with zero attached hydrogens (tertiary/aromatic N) is 2. The van der Waals surface area contributed by atoms with Crippen molar-refractivity contribution in [3.05, 3.63) is 69.3 Å². The van der Waals surface area contributed by atoms with Gasteiger partial charge in [-0.2, -0.15) is 5.10 Å². The van der Waals surface area contributed by atoms with E-state index < -0.39 is 16.7 Å². The van der Waals surface area contributed by atoms with Gasteiger partial charge < -0.3 is 5.32 Å². The molecule has 0 aromatic heterocycles. The Morgan fingerprint density at radius 2 is 1.70 bits per heavy atom. The van der Waals surface area contributed by atoms with Crippen molar-refractivity contribution in [2.75, 3.05) is 5.32 Å². The number of carbonyl (C=O) groups excluding carboxylic acids is 2. The third kappa shape index (κ3) is 5.21. The van der Waals surface area contributed by atoms with Crippen LogP contribution in [0.4, 0.5) is 11.4 Å². The molecule has 0 spiro atoms. The maximum Gasteiger partial charge on any atom is 0.329 e. The number of nitro benzene ring substituents is 1. The minimum Gasteiger partial charge on any atom is -0.317 e. The van der Waals surface area contributed by atoms with Crippen LogP contribution in [0.3, 0.4) is 0 Å². The first-order valence-electron chi connectivity index (χ1n) is 8.45.